The van der Waals surface area contributed by atoms with Gasteiger partial charge >= 0.3 is 0 Å². The summed E-state index contributed by atoms with van der Waals surface area (Å²) in [6.45, 7) is 4.95. The number of hydrogen-bond acceptors (Lipinski definition) is 5. The number of nitrogens with one attached hydrogen (secondary N) is 1. The molecule has 0 spiro atoms. The minimum atomic E-state index is 0.194. The number of likely N-dealkylation sites (tertiary alicyclic amines) is 1. The van der Waals surface area contributed by atoms with Crippen LogP contribution in [0.5, 0.6) is 0 Å². The Hall–Kier alpha value is -3.23. The van der Waals surface area contributed by atoms with Crippen LogP contribution < -0.4 is 5.32 Å². The zero-order chi connectivity index (χ0) is 21.8. The summed E-state index contributed by atoms with van der Waals surface area (Å²) in [5.41, 5.74) is 2.38. The minimum Gasteiger partial charge on any atom is -0.373 e. The van der Waals surface area contributed by atoms with Gasteiger partial charge in [0.05, 0.1) is 25.3 Å². The number of morpholine rings is 1. The van der Waals surface area contributed by atoms with Crippen molar-refractivity contribution in [3.05, 3.63) is 78.4 Å². The fourth-order valence-electron chi connectivity index (χ4n) is 4.62. The SMILES string of the molecule is CN=C(NCc1nncn1-c1ccccc1)N1CC2OCCN(Cc3ccccc3)C2C1. The molecule has 2 aliphatic rings. The lowest BCUT2D eigenvalue weighted by Crippen LogP contribution is -2.50. The van der Waals surface area contributed by atoms with E-state index in [9.17, 15) is 0 Å². The molecular weight excluding hydrogens is 402 g/mol. The highest BCUT2D eigenvalue weighted by atomic mass is 16.5. The summed E-state index contributed by atoms with van der Waals surface area (Å²) in [5.74, 6) is 1.71. The van der Waals surface area contributed by atoms with E-state index in [-0.39, 0.29) is 6.10 Å². The molecule has 2 fully saturated rings. The van der Waals surface area contributed by atoms with Crippen molar-refractivity contribution in [3.8, 4) is 5.69 Å². The Kier molecular flexibility index (Phi) is 6.13. The average molecular weight is 432 g/mol. The molecule has 1 aromatic heterocycles. The quantitative estimate of drug-likeness (QED) is 0.492. The van der Waals surface area contributed by atoms with E-state index >= 15 is 0 Å². The van der Waals surface area contributed by atoms with Crippen LogP contribution >= 0.6 is 0 Å². The van der Waals surface area contributed by atoms with Crippen molar-refractivity contribution in [3.63, 3.8) is 0 Å². The molecule has 2 unspecified atom stereocenters. The second-order valence-electron chi connectivity index (χ2n) is 8.19. The molecule has 2 atom stereocenters. The van der Waals surface area contributed by atoms with Gasteiger partial charge in [-0.05, 0) is 17.7 Å². The van der Waals surface area contributed by atoms with E-state index in [0.29, 0.717) is 12.6 Å². The Morgan fingerprint density at radius 3 is 2.66 bits per heavy atom. The molecule has 32 heavy (non-hydrogen) atoms. The molecule has 2 aromatic carbocycles. The Balaban J connectivity index is 1.24. The number of hydrogen-bond donors (Lipinski definition) is 1. The van der Waals surface area contributed by atoms with E-state index in [2.05, 4.69) is 60.6 Å². The van der Waals surface area contributed by atoms with Crippen LogP contribution in [0, 0.1) is 0 Å². The lowest BCUT2D eigenvalue weighted by Gasteiger charge is -2.36. The van der Waals surface area contributed by atoms with Crippen LogP contribution in [0.1, 0.15) is 11.4 Å². The zero-order valence-electron chi connectivity index (χ0n) is 18.3. The first-order chi connectivity index (χ1) is 15.8. The second-order valence-corrected chi connectivity index (χ2v) is 8.19. The van der Waals surface area contributed by atoms with Crippen molar-refractivity contribution in [2.24, 2.45) is 4.99 Å². The molecule has 5 rings (SSSR count). The van der Waals surface area contributed by atoms with Crippen LogP contribution in [0.2, 0.25) is 0 Å². The van der Waals surface area contributed by atoms with Gasteiger partial charge in [0, 0.05) is 38.9 Å². The number of para-hydroxylation sites is 1. The number of aromatic nitrogens is 3. The first kappa shape index (κ1) is 20.7. The van der Waals surface area contributed by atoms with Crippen LogP contribution in [0.4, 0.5) is 0 Å². The van der Waals surface area contributed by atoms with E-state index in [0.717, 1.165) is 50.3 Å². The van der Waals surface area contributed by atoms with E-state index < -0.39 is 0 Å². The van der Waals surface area contributed by atoms with Crippen LogP contribution in [-0.2, 0) is 17.8 Å². The highest BCUT2D eigenvalue weighted by Gasteiger charge is 2.41. The van der Waals surface area contributed by atoms with Crippen LogP contribution in [0.15, 0.2) is 72.0 Å². The van der Waals surface area contributed by atoms with Gasteiger partial charge in [-0.2, -0.15) is 0 Å². The van der Waals surface area contributed by atoms with Gasteiger partial charge in [-0.25, -0.2) is 0 Å². The molecule has 0 bridgehead atoms. The maximum Gasteiger partial charge on any atom is 0.194 e. The molecule has 0 aliphatic carbocycles. The third-order valence-corrected chi connectivity index (χ3v) is 6.21. The zero-order valence-corrected chi connectivity index (χ0v) is 18.3. The molecule has 8 nitrogen and oxygen atoms in total. The van der Waals surface area contributed by atoms with Crippen LogP contribution in [-0.4, -0.2) is 76.0 Å². The largest absolute Gasteiger partial charge is 0.373 e. The molecule has 1 N–H and O–H groups in total. The molecule has 3 heterocycles. The molecule has 8 heteroatoms. The highest BCUT2D eigenvalue weighted by molar-refractivity contribution is 5.80. The number of ether oxygens (including phenoxy) is 1. The molecule has 0 radical (unpaired) electrons. The fourth-order valence-corrected chi connectivity index (χ4v) is 4.62. The van der Waals surface area contributed by atoms with E-state index in [1.54, 1.807) is 6.33 Å². The Morgan fingerprint density at radius 2 is 1.88 bits per heavy atom. The van der Waals surface area contributed by atoms with E-state index in [4.69, 9.17) is 4.74 Å². The summed E-state index contributed by atoms with van der Waals surface area (Å²) in [6, 6.07) is 21.1. The number of guanidine groups is 1. The van der Waals surface area contributed by atoms with Gasteiger partial charge in [0.15, 0.2) is 11.8 Å². The standard InChI is InChI=1S/C24H29N7O/c1-25-24(26-14-23-28-27-18-31(23)20-10-6-3-7-11-20)30-16-21-22(17-30)32-13-12-29(21)15-19-8-4-2-5-9-19/h2-11,18,21-22H,12-17H2,1H3,(H,25,26). The first-order valence-electron chi connectivity index (χ1n) is 11.1. The normalized spacial score (nSPS) is 21.5. The molecule has 166 valence electrons. The number of rotatable bonds is 5. The number of fused-ring (bicyclic) bond motifs is 1. The van der Waals surface area contributed by atoms with Crippen molar-refractivity contribution >= 4 is 5.96 Å². The smallest absolute Gasteiger partial charge is 0.194 e. The predicted octanol–water partition coefficient (Wildman–Crippen LogP) is 1.93. The second kappa shape index (κ2) is 9.50. The number of aliphatic imine (C=N–C) groups is 1. The van der Waals surface area contributed by atoms with Crippen molar-refractivity contribution in [2.75, 3.05) is 33.3 Å². The Bertz CT molecular complexity index is 1040. The molecular formula is C24H29N7O. The highest BCUT2D eigenvalue weighted by Crippen LogP contribution is 2.24. The summed E-state index contributed by atoms with van der Waals surface area (Å²) in [5, 5.41) is 11.9. The van der Waals surface area contributed by atoms with Crippen LogP contribution in [0.25, 0.3) is 5.69 Å². The lowest BCUT2D eigenvalue weighted by atomic mass is 10.1. The van der Waals surface area contributed by atoms with Crippen molar-refractivity contribution in [1.82, 2.24) is 29.9 Å². The predicted molar refractivity (Wildman–Crippen MR) is 124 cm³/mol. The maximum absolute atomic E-state index is 6.13. The van der Waals surface area contributed by atoms with Crippen LogP contribution in [0.3, 0.4) is 0 Å². The summed E-state index contributed by atoms with van der Waals surface area (Å²) < 4.78 is 8.12. The van der Waals surface area contributed by atoms with Gasteiger partial charge in [-0.1, -0.05) is 48.5 Å². The fraction of sp³-hybridized carbons (Fsp3) is 0.375. The summed E-state index contributed by atoms with van der Waals surface area (Å²) >= 11 is 0. The van der Waals surface area contributed by atoms with Gasteiger partial charge in [0.1, 0.15) is 6.33 Å². The Labute approximate surface area is 188 Å². The first-order valence-corrected chi connectivity index (χ1v) is 11.1. The van der Waals surface area contributed by atoms with Crippen molar-refractivity contribution < 1.29 is 4.74 Å². The molecule has 3 aromatic rings. The van der Waals surface area contributed by atoms with Crippen molar-refractivity contribution in [2.45, 2.75) is 25.2 Å². The molecule has 2 saturated heterocycles. The van der Waals surface area contributed by atoms with Gasteiger partial charge in [0.2, 0.25) is 0 Å². The lowest BCUT2D eigenvalue weighted by molar-refractivity contribution is -0.0502. The van der Waals surface area contributed by atoms with E-state index in [1.807, 2.05) is 41.9 Å². The monoisotopic (exact) mass is 431 g/mol. The topological polar surface area (TPSA) is 70.8 Å². The number of benzene rings is 2. The van der Waals surface area contributed by atoms with Gasteiger partial charge in [-0.15, -0.1) is 10.2 Å². The minimum absolute atomic E-state index is 0.194. The third kappa shape index (κ3) is 4.37. The Morgan fingerprint density at radius 1 is 1.09 bits per heavy atom. The van der Waals surface area contributed by atoms with Gasteiger partial charge < -0.3 is 15.0 Å². The summed E-state index contributed by atoms with van der Waals surface area (Å²) in [4.78, 5) is 9.38. The summed E-state index contributed by atoms with van der Waals surface area (Å²) in [7, 11) is 1.83. The summed E-state index contributed by atoms with van der Waals surface area (Å²) in [6.07, 6.45) is 1.94. The maximum atomic E-state index is 6.13. The van der Waals surface area contributed by atoms with Crippen molar-refractivity contribution in [1.29, 1.82) is 0 Å². The van der Waals surface area contributed by atoms with E-state index in [1.165, 1.54) is 5.56 Å². The molecule has 0 saturated carbocycles. The average Bonchev–Trinajstić information content (AvgIpc) is 3.49. The van der Waals surface area contributed by atoms with Gasteiger partial charge in [-0.3, -0.25) is 14.5 Å². The number of nitrogens with zero attached hydrogens (tertiary/aromatic N) is 6. The molecule has 0 amide bonds. The third-order valence-electron chi connectivity index (χ3n) is 6.21. The van der Waals surface area contributed by atoms with Gasteiger partial charge in [0.25, 0.3) is 0 Å². The molecule has 2 aliphatic heterocycles.